The van der Waals surface area contributed by atoms with Crippen LogP contribution in [-0.2, 0) is 4.79 Å². The molecule has 1 aliphatic heterocycles. The molecule has 2 aliphatic rings. The maximum absolute atomic E-state index is 12.5. The largest absolute Gasteiger partial charge is 0.353 e. The van der Waals surface area contributed by atoms with Crippen molar-refractivity contribution >= 4 is 33.3 Å². The Morgan fingerprint density at radius 3 is 2.95 bits per heavy atom. The third-order valence-corrected chi connectivity index (χ3v) is 4.46. The molecular weight excluding hydrogens is 348 g/mol. The van der Waals surface area contributed by atoms with E-state index in [1.165, 1.54) is 0 Å². The average molecular weight is 361 g/mol. The molecule has 0 unspecified atom stereocenters. The lowest BCUT2D eigenvalue weighted by atomic mass is 9.87. The smallest absolute Gasteiger partial charge is 0.219 e. The second-order valence-corrected chi connectivity index (χ2v) is 6.30. The first-order chi connectivity index (χ1) is 10.7. The normalized spacial score (nSPS) is 20.6. The zero-order valence-corrected chi connectivity index (χ0v) is 13.2. The lowest BCUT2D eigenvalue weighted by molar-refractivity contribution is -0.116. The Balaban J connectivity index is 1.88. The van der Waals surface area contributed by atoms with E-state index in [0.717, 1.165) is 34.1 Å². The first-order valence-corrected chi connectivity index (χ1v) is 7.89. The van der Waals surface area contributed by atoms with E-state index in [1.54, 1.807) is 0 Å². The minimum absolute atomic E-state index is 0.160. The summed E-state index contributed by atoms with van der Waals surface area (Å²) in [5.41, 5.74) is 2.67. The quantitative estimate of drug-likeness (QED) is 0.810. The van der Waals surface area contributed by atoms with Gasteiger partial charge in [-0.2, -0.15) is 0 Å². The Kier molecular flexibility index (Phi) is 3.22. The molecule has 2 N–H and O–H groups in total. The summed E-state index contributed by atoms with van der Waals surface area (Å²) >= 11 is 3.48. The van der Waals surface area contributed by atoms with Gasteiger partial charge in [-0.1, -0.05) is 28.1 Å². The Bertz CT molecular complexity index is 783. The number of hydrogen-bond donors (Lipinski definition) is 2. The minimum atomic E-state index is -0.263. The number of nitrogens with one attached hydrogen (secondary N) is 2. The molecule has 0 bridgehead atoms. The number of aromatic nitrogens is 2. The minimum Gasteiger partial charge on any atom is -0.353 e. The summed E-state index contributed by atoms with van der Waals surface area (Å²) in [6.45, 7) is 0. The van der Waals surface area contributed by atoms with E-state index in [-0.39, 0.29) is 11.8 Å². The number of hydrogen-bond acceptors (Lipinski definition) is 6. The molecule has 4 rings (SSSR count). The van der Waals surface area contributed by atoms with E-state index < -0.39 is 0 Å². The number of rotatable bonds is 1. The number of anilines is 2. The molecule has 22 heavy (non-hydrogen) atoms. The lowest BCUT2D eigenvalue weighted by Crippen LogP contribution is -2.23. The Labute approximate surface area is 135 Å². The number of benzene rings is 1. The molecule has 1 aromatic carbocycles. The van der Waals surface area contributed by atoms with E-state index >= 15 is 0 Å². The second-order valence-electron chi connectivity index (χ2n) is 5.39. The summed E-state index contributed by atoms with van der Waals surface area (Å²) in [4.78, 5) is 12.5. The van der Waals surface area contributed by atoms with Crippen molar-refractivity contribution in [3.05, 3.63) is 45.6 Å². The first-order valence-electron chi connectivity index (χ1n) is 7.10. The van der Waals surface area contributed by atoms with Crippen molar-refractivity contribution in [2.75, 3.05) is 10.6 Å². The number of allylic oxidation sites excluding steroid dienone is 1. The summed E-state index contributed by atoms with van der Waals surface area (Å²) in [6.07, 6.45) is 2.23. The number of carbonyl (C=O) groups is 1. The van der Waals surface area contributed by atoms with Gasteiger partial charge < -0.3 is 10.6 Å². The third kappa shape index (κ3) is 2.21. The van der Waals surface area contributed by atoms with Gasteiger partial charge in [0.1, 0.15) is 0 Å². The van der Waals surface area contributed by atoms with Crippen molar-refractivity contribution in [3.8, 4) is 0 Å². The number of ketones is 1. The van der Waals surface area contributed by atoms with Crippen LogP contribution >= 0.6 is 15.9 Å². The van der Waals surface area contributed by atoms with E-state index in [4.69, 9.17) is 4.63 Å². The molecule has 1 atom stereocenters. The molecule has 2 aromatic rings. The van der Waals surface area contributed by atoms with Crippen LogP contribution in [0.3, 0.4) is 0 Å². The molecule has 1 aliphatic carbocycles. The van der Waals surface area contributed by atoms with Gasteiger partial charge in [-0.25, -0.2) is 4.63 Å². The van der Waals surface area contributed by atoms with Gasteiger partial charge in [-0.3, -0.25) is 4.79 Å². The van der Waals surface area contributed by atoms with Gasteiger partial charge in [0.15, 0.2) is 5.78 Å². The Morgan fingerprint density at radius 1 is 1.23 bits per heavy atom. The summed E-state index contributed by atoms with van der Waals surface area (Å²) in [5, 5.41) is 14.2. The SMILES string of the molecule is O=C1CCCC2=C1[C@H](c1cccc(Br)c1)Nc1nonc1N2. The Hall–Kier alpha value is -2.15. The fraction of sp³-hybridized carbons (Fsp3) is 0.267. The average Bonchev–Trinajstić information content (AvgIpc) is 2.86. The van der Waals surface area contributed by atoms with E-state index in [2.05, 4.69) is 36.9 Å². The number of fused-ring (bicyclic) bond motifs is 1. The standard InChI is InChI=1S/C15H13BrN4O2/c16-9-4-1-3-8(7-9)13-12-10(5-2-6-11(12)21)17-14-15(18-13)20-22-19-14/h1,3-4,7,13H,2,5-6H2,(H,17,19)(H,18,20)/t13-/m0/s1. The summed E-state index contributed by atoms with van der Waals surface area (Å²) in [7, 11) is 0. The molecule has 7 heteroatoms. The highest BCUT2D eigenvalue weighted by atomic mass is 79.9. The molecule has 112 valence electrons. The summed E-state index contributed by atoms with van der Waals surface area (Å²) in [6, 6.07) is 7.64. The first kappa shape index (κ1) is 13.5. The monoisotopic (exact) mass is 360 g/mol. The van der Waals surface area contributed by atoms with Crippen molar-refractivity contribution in [1.29, 1.82) is 0 Å². The highest BCUT2D eigenvalue weighted by Crippen LogP contribution is 2.39. The third-order valence-electron chi connectivity index (χ3n) is 3.97. The molecule has 2 heterocycles. The summed E-state index contributed by atoms with van der Waals surface area (Å²) < 4.78 is 5.76. The Morgan fingerprint density at radius 2 is 2.09 bits per heavy atom. The van der Waals surface area contributed by atoms with Crippen LogP contribution < -0.4 is 10.6 Å². The van der Waals surface area contributed by atoms with Gasteiger partial charge in [-0.05, 0) is 40.9 Å². The van der Waals surface area contributed by atoms with Gasteiger partial charge in [0.2, 0.25) is 11.6 Å². The zero-order valence-electron chi connectivity index (χ0n) is 11.6. The zero-order chi connectivity index (χ0) is 15.1. The predicted octanol–water partition coefficient (Wildman–Crippen LogP) is 3.42. The van der Waals surface area contributed by atoms with Gasteiger partial charge >= 0.3 is 0 Å². The van der Waals surface area contributed by atoms with Crippen LogP contribution in [-0.4, -0.2) is 16.1 Å². The number of nitrogens with zero attached hydrogens (tertiary/aromatic N) is 2. The number of halogens is 1. The van der Waals surface area contributed by atoms with Crippen molar-refractivity contribution in [2.24, 2.45) is 0 Å². The van der Waals surface area contributed by atoms with Crippen LogP contribution in [0.5, 0.6) is 0 Å². The molecule has 0 saturated carbocycles. The fourth-order valence-electron chi connectivity index (χ4n) is 2.98. The van der Waals surface area contributed by atoms with Crippen LogP contribution in [0.1, 0.15) is 30.9 Å². The van der Waals surface area contributed by atoms with E-state index in [9.17, 15) is 4.79 Å². The van der Waals surface area contributed by atoms with Crippen LogP contribution in [0, 0.1) is 0 Å². The van der Waals surface area contributed by atoms with Crippen LogP contribution in [0.25, 0.3) is 0 Å². The van der Waals surface area contributed by atoms with Gasteiger partial charge in [0.05, 0.1) is 6.04 Å². The topological polar surface area (TPSA) is 80.1 Å². The van der Waals surface area contributed by atoms with E-state index in [0.29, 0.717) is 18.1 Å². The highest BCUT2D eigenvalue weighted by molar-refractivity contribution is 9.10. The van der Waals surface area contributed by atoms with E-state index in [1.807, 2.05) is 24.3 Å². The molecule has 0 saturated heterocycles. The van der Waals surface area contributed by atoms with Crippen LogP contribution in [0.2, 0.25) is 0 Å². The maximum Gasteiger partial charge on any atom is 0.219 e. The maximum atomic E-state index is 12.5. The molecule has 1 aromatic heterocycles. The van der Waals surface area contributed by atoms with Gasteiger partial charge in [0, 0.05) is 22.2 Å². The molecule has 0 amide bonds. The molecule has 0 spiro atoms. The molecule has 0 radical (unpaired) electrons. The molecular formula is C15H13BrN4O2. The van der Waals surface area contributed by atoms with Gasteiger partial charge in [0.25, 0.3) is 0 Å². The highest BCUT2D eigenvalue weighted by Gasteiger charge is 2.33. The predicted molar refractivity (Wildman–Crippen MR) is 84.3 cm³/mol. The van der Waals surface area contributed by atoms with Crippen molar-refractivity contribution in [3.63, 3.8) is 0 Å². The number of Topliss-reactive ketones (excluding diaryl/α,β-unsaturated/α-hetero) is 1. The lowest BCUT2D eigenvalue weighted by Gasteiger charge is -2.25. The fourth-order valence-corrected chi connectivity index (χ4v) is 3.40. The summed E-state index contributed by atoms with van der Waals surface area (Å²) in [5.74, 6) is 1.21. The van der Waals surface area contributed by atoms with Crippen LogP contribution in [0.4, 0.5) is 11.6 Å². The van der Waals surface area contributed by atoms with Crippen molar-refractivity contribution < 1.29 is 9.42 Å². The van der Waals surface area contributed by atoms with Crippen molar-refractivity contribution in [1.82, 2.24) is 10.3 Å². The number of carbonyl (C=O) groups excluding carboxylic acids is 1. The second kappa shape index (κ2) is 5.24. The van der Waals surface area contributed by atoms with Gasteiger partial charge in [-0.15, -0.1) is 0 Å². The molecule has 0 fully saturated rings. The van der Waals surface area contributed by atoms with Crippen molar-refractivity contribution in [2.45, 2.75) is 25.3 Å². The molecule has 6 nitrogen and oxygen atoms in total. The van der Waals surface area contributed by atoms with Crippen LogP contribution in [0.15, 0.2) is 44.6 Å².